The first kappa shape index (κ1) is 17.3. The van der Waals surface area contributed by atoms with E-state index in [-0.39, 0.29) is 5.91 Å². The van der Waals surface area contributed by atoms with Crippen LogP contribution in [0.4, 0.5) is 11.4 Å². The van der Waals surface area contributed by atoms with Gasteiger partial charge in [-0.05, 0) is 41.8 Å². The third kappa shape index (κ3) is 2.88. The van der Waals surface area contributed by atoms with Gasteiger partial charge in [-0.15, -0.1) is 0 Å². The molecule has 4 aromatic rings. The Kier molecular flexibility index (Phi) is 3.96. The van der Waals surface area contributed by atoms with Crippen molar-refractivity contribution >= 4 is 28.1 Å². The Balaban J connectivity index is 1.53. The summed E-state index contributed by atoms with van der Waals surface area (Å²) in [7, 11) is 0. The van der Waals surface area contributed by atoms with Crippen molar-refractivity contribution < 1.29 is 14.6 Å². The molecular weight excluding hydrogens is 364 g/mol. The molecule has 0 fully saturated rings. The number of fused-ring (bicyclic) bond motifs is 2. The minimum absolute atomic E-state index is 0.237. The number of aliphatic hydroxyl groups excluding tert-OH is 1. The van der Waals surface area contributed by atoms with Gasteiger partial charge in [-0.25, -0.2) is 0 Å². The van der Waals surface area contributed by atoms with Crippen LogP contribution >= 0.6 is 0 Å². The summed E-state index contributed by atoms with van der Waals surface area (Å²) in [6, 6.07) is 25.7. The largest absolute Gasteiger partial charge is 0.457 e. The number of amides is 1. The van der Waals surface area contributed by atoms with Crippen molar-refractivity contribution in [3.05, 3.63) is 96.1 Å². The van der Waals surface area contributed by atoms with Crippen molar-refractivity contribution in [3.8, 4) is 11.5 Å². The van der Waals surface area contributed by atoms with Gasteiger partial charge in [0.05, 0.1) is 5.69 Å². The molecule has 5 nitrogen and oxygen atoms in total. The quantitative estimate of drug-likeness (QED) is 0.496. The maximum atomic E-state index is 13.1. The van der Waals surface area contributed by atoms with Gasteiger partial charge >= 0.3 is 0 Å². The second kappa shape index (κ2) is 6.65. The summed E-state index contributed by atoms with van der Waals surface area (Å²) >= 11 is 0. The van der Waals surface area contributed by atoms with Crippen LogP contribution in [0, 0.1) is 0 Å². The van der Waals surface area contributed by atoms with Crippen LogP contribution in [-0.2, 0) is 0 Å². The van der Waals surface area contributed by atoms with Gasteiger partial charge in [0, 0.05) is 28.3 Å². The van der Waals surface area contributed by atoms with Crippen molar-refractivity contribution in [2.75, 3.05) is 10.6 Å². The average Bonchev–Trinajstić information content (AvgIpc) is 2.97. The molecule has 1 unspecified atom stereocenters. The molecule has 1 heterocycles. The first-order valence-corrected chi connectivity index (χ1v) is 9.28. The van der Waals surface area contributed by atoms with Gasteiger partial charge in [-0.2, -0.15) is 0 Å². The number of carbonyl (C=O) groups excluding carboxylic acids is 1. The fourth-order valence-corrected chi connectivity index (χ4v) is 3.77. The van der Waals surface area contributed by atoms with Crippen LogP contribution in [0.25, 0.3) is 10.8 Å². The predicted molar refractivity (Wildman–Crippen MR) is 113 cm³/mol. The Morgan fingerprint density at radius 1 is 0.862 bits per heavy atom. The third-order valence-corrected chi connectivity index (χ3v) is 5.11. The van der Waals surface area contributed by atoms with Crippen molar-refractivity contribution in [3.63, 3.8) is 0 Å². The molecular formula is C24H18N2O3. The normalized spacial score (nSPS) is 15.6. The van der Waals surface area contributed by atoms with Crippen molar-refractivity contribution in [2.24, 2.45) is 0 Å². The van der Waals surface area contributed by atoms with Gasteiger partial charge in [-0.1, -0.05) is 42.5 Å². The number of ether oxygens (including phenoxy) is 1. The molecule has 0 aromatic heterocycles. The van der Waals surface area contributed by atoms with E-state index >= 15 is 0 Å². The maximum Gasteiger partial charge on any atom is 0.261 e. The zero-order valence-electron chi connectivity index (χ0n) is 15.4. The first-order valence-electron chi connectivity index (χ1n) is 9.28. The molecule has 1 aliphatic heterocycles. The van der Waals surface area contributed by atoms with Gasteiger partial charge in [-0.3, -0.25) is 9.69 Å². The van der Waals surface area contributed by atoms with E-state index in [0.717, 1.165) is 10.8 Å². The van der Waals surface area contributed by atoms with Gasteiger partial charge in [0.15, 0.2) is 6.23 Å². The second-order valence-electron chi connectivity index (χ2n) is 6.97. The number of hydrogen-bond acceptors (Lipinski definition) is 4. The Morgan fingerprint density at radius 2 is 1.62 bits per heavy atom. The van der Waals surface area contributed by atoms with Crippen molar-refractivity contribution in [1.29, 1.82) is 0 Å². The van der Waals surface area contributed by atoms with Crippen LogP contribution in [0.1, 0.15) is 22.1 Å². The smallest absolute Gasteiger partial charge is 0.261 e. The summed E-state index contributed by atoms with van der Waals surface area (Å²) in [6.45, 7) is 0. The minimum atomic E-state index is -1.09. The summed E-state index contributed by atoms with van der Waals surface area (Å²) in [5.74, 6) is 0.884. The van der Waals surface area contributed by atoms with E-state index in [0.29, 0.717) is 34.0 Å². The fraction of sp³-hybridized carbons (Fsp3) is 0.0417. The summed E-state index contributed by atoms with van der Waals surface area (Å²) in [5.41, 5.74) is 8.05. The molecule has 0 radical (unpaired) electrons. The van der Waals surface area contributed by atoms with Gasteiger partial charge < -0.3 is 15.6 Å². The van der Waals surface area contributed by atoms with E-state index in [2.05, 4.69) is 0 Å². The summed E-state index contributed by atoms with van der Waals surface area (Å²) < 4.78 is 5.86. The lowest BCUT2D eigenvalue weighted by Crippen LogP contribution is -2.27. The Morgan fingerprint density at radius 3 is 2.48 bits per heavy atom. The summed E-state index contributed by atoms with van der Waals surface area (Å²) in [4.78, 5) is 14.5. The molecule has 4 aromatic carbocycles. The highest BCUT2D eigenvalue weighted by atomic mass is 16.5. The van der Waals surface area contributed by atoms with Crippen molar-refractivity contribution in [2.45, 2.75) is 6.23 Å². The molecule has 1 amide bonds. The van der Waals surface area contributed by atoms with Gasteiger partial charge in [0.2, 0.25) is 0 Å². The number of carbonyl (C=O) groups is 1. The van der Waals surface area contributed by atoms with E-state index in [1.165, 1.54) is 4.90 Å². The fourth-order valence-electron chi connectivity index (χ4n) is 3.77. The zero-order valence-corrected chi connectivity index (χ0v) is 15.4. The number of aliphatic hydroxyl groups is 1. The van der Waals surface area contributed by atoms with E-state index in [1.54, 1.807) is 42.5 Å². The number of rotatable bonds is 3. The van der Waals surface area contributed by atoms with Crippen LogP contribution < -0.4 is 15.4 Å². The predicted octanol–water partition coefficient (Wildman–Crippen LogP) is 4.87. The third-order valence-electron chi connectivity index (χ3n) is 5.11. The molecule has 0 saturated heterocycles. The molecule has 0 spiro atoms. The highest BCUT2D eigenvalue weighted by molar-refractivity contribution is 6.14. The zero-order chi connectivity index (χ0) is 20.0. The number of anilines is 2. The Bertz CT molecular complexity index is 1250. The number of nitrogen functional groups attached to an aromatic ring is 1. The van der Waals surface area contributed by atoms with E-state index < -0.39 is 6.23 Å². The SMILES string of the molecule is Nc1cccc(Oc2ccc3c(c2)C(O)N(c2cccc4ccccc24)C3=O)c1. The Hall–Kier alpha value is -3.83. The van der Waals surface area contributed by atoms with Crippen molar-refractivity contribution in [1.82, 2.24) is 0 Å². The van der Waals surface area contributed by atoms with Crippen LogP contribution in [0.15, 0.2) is 84.9 Å². The lowest BCUT2D eigenvalue weighted by Gasteiger charge is -2.22. The number of nitrogens with two attached hydrogens (primary N) is 1. The number of benzene rings is 4. The maximum absolute atomic E-state index is 13.1. The lowest BCUT2D eigenvalue weighted by atomic mass is 10.1. The summed E-state index contributed by atoms with van der Waals surface area (Å²) in [6.07, 6.45) is -1.09. The molecule has 5 heteroatoms. The van der Waals surface area contributed by atoms with Crippen LogP contribution in [-0.4, -0.2) is 11.0 Å². The molecule has 29 heavy (non-hydrogen) atoms. The molecule has 0 aliphatic carbocycles. The lowest BCUT2D eigenvalue weighted by molar-refractivity contribution is 0.0936. The van der Waals surface area contributed by atoms with E-state index in [4.69, 9.17) is 10.5 Å². The van der Waals surface area contributed by atoms with E-state index in [9.17, 15) is 9.90 Å². The number of nitrogens with zero attached hydrogens (tertiary/aromatic N) is 1. The van der Waals surface area contributed by atoms with Crippen LogP contribution in [0.2, 0.25) is 0 Å². The average molecular weight is 382 g/mol. The minimum Gasteiger partial charge on any atom is -0.457 e. The standard InChI is InChI=1S/C24H18N2O3/c25-16-7-4-8-17(13-16)29-18-11-12-20-21(14-18)24(28)26(23(20)27)22-10-3-6-15-5-1-2-9-19(15)22/h1-14,24,28H,25H2. The highest BCUT2D eigenvalue weighted by Gasteiger charge is 2.37. The first-order chi connectivity index (χ1) is 14.1. The van der Waals surface area contributed by atoms with Gasteiger partial charge in [0.25, 0.3) is 5.91 Å². The molecule has 1 atom stereocenters. The molecule has 0 bridgehead atoms. The Labute approximate surface area is 167 Å². The highest BCUT2D eigenvalue weighted by Crippen LogP contribution is 2.40. The topological polar surface area (TPSA) is 75.8 Å². The van der Waals surface area contributed by atoms with Crippen LogP contribution in [0.5, 0.6) is 11.5 Å². The summed E-state index contributed by atoms with van der Waals surface area (Å²) in [5, 5.41) is 12.9. The van der Waals surface area contributed by atoms with Gasteiger partial charge in [0.1, 0.15) is 11.5 Å². The molecule has 1 aliphatic rings. The van der Waals surface area contributed by atoms with E-state index in [1.807, 2.05) is 42.5 Å². The molecule has 3 N–H and O–H groups in total. The van der Waals surface area contributed by atoms with Crippen LogP contribution in [0.3, 0.4) is 0 Å². The molecule has 5 rings (SSSR count). The number of hydrogen-bond donors (Lipinski definition) is 2. The molecule has 0 saturated carbocycles. The molecule has 142 valence electrons. The second-order valence-corrected chi connectivity index (χ2v) is 6.97. The monoisotopic (exact) mass is 382 g/mol.